The Morgan fingerprint density at radius 2 is 2.28 bits per heavy atom. The maximum absolute atomic E-state index is 13.3. The van der Waals surface area contributed by atoms with Crippen LogP contribution in [0.1, 0.15) is 5.69 Å². The van der Waals surface area contributed by atoms with Crippen LogP contribution in [-0.2, 0) is 16.6 Å². The van der Waals surface area contributed by atoms with Crippen molar-refractivity contribution in [3.63, 3.8) is 0 Å². The second-order valence-corrected chi connectivity index (χ2v) is 5.21. The van der Waals surface area contributed by atoms with Crippen LogP contribution >= 0.6 is 0 Å². The molecule has 4 N–H and O–H groups in total. The summed E-state index contributed by atoms with van der Waals surface area (Å²) >= 11 is 0. The van der Waals surface area contributed by atoms with E-state index in [9.17, 15) is 12.8 Å². The van der Waals surface area contributed by atoms with Crippen molar-refractivity contribution in [2.24, 2.45) is 5.73 Å². The third-order valence-corrected chi connectivity index (χ3v) is 3.61. The van der Waals surface area contributed by atoms with Crippen LogP contribution in [0.5, 0.6) is 0 Å². The van der Waals surface area contributed by atoms with Gasteiger partial charge in [0, 0.05) is 24.6 Å². The summed E-state index contributed by atoms with van der Waals surface area (Å²) in [5.74, 6) is -0.740. The molecule has 0 unspecified atom stereocenters. The molecular weight excluding hydrogens is 259 g/mol. The molecule has 0 aromatic carbocycles. The number of nitrogens with two attached hydrogens (primary N) is 1. The van der Waals surface area contributed by atoms with E-state index in [1.807, 2.05) is 0 Å². The van der Waals surface area contributed by atoms with Crippen LogP contribution in [0.15, 0.2) is 35.6 Å². The van der Waals surface area contributed by atoms with E-state index in [-0.39, 0.29) is 17.1 Å². The average Bonchev–Trinajstić information content (AvgIpc) is 2.81. The summed E-state index contributed by atoms with van der Waals surface area (Å²) < 4.78 is 39.3. The molecule has 0 saturated heterocycles. The summed E-state index contributed by atoms with van der Waals surface area (Å²) in [6.45, 7) is 0.194. The van der Waals surface area contributed by atoms with Crippen LogP contribution in [0.4, 0.5) is 10.1 Å². The summed E-state index contributed by atoms with van der Waals surface area (Å²) in [7, 11) is -3.83. The molecule has 2 aromatic heterocycles. The number of sulfonamides is 1. The Morgan fingerprint density at radius 1 is 1.50 bits per heavy atom. The first-order chi connectivity index (χ1) is 8.53. The van der Waals surface area contributed by atoms with Crippen LogP contribution in [-0.4, -0.2) is 18.4 Å². The minimum absolute atomic E-state index is 0.000776. The highest BCUT2D eigenvalue weighted by Gasteiger charge is 2.17. The second-order valence-electron chi connectivity index (χ2n) is 3.53. The number of nitrogens with zero attached hydrogens (tertiary/aromatic N) is 1. The van der Waals surface area contributed by atoms with E-state index in [0.29, 0.717) is 5.69 Å². The molecule has 2 rings (SSSR count). The molecule has 0 aliphatic rings. The first-order valence-electron chi connectivity index (χ1n) is 5.02. The zero-order chi connectivity index (χ0) is 13.2. The molecule has 0 radical (unpaired) electrons. The molecule has 2 heterocycles. The fraction of sp³-hybridized carbons (Fsp3) is 0.100. The van der Waals surface area contributed by atoms with Crippen LogP contribution in [0.2, 0.25) is 0 Å². The summed E-state index contributed by atoms with van der Waals surface area (Å²) in [5, 5.41) is 0. The van der Waals surface area contributed by atoms with Gasteiger partial charge in [0.1, 0.15) is 4.90 Å². The number of aromatic nitrogens is 2. The van der Waals surface area contributed by atoms with Crippen LogP contribution in [0.3, 0.4) is 0 Å². The standard InChI is InChI=1S/C10H11FN4O2S/c11-9-6-13-2-1-10(9)15-18(16,17)8-3-7(4-12)14-5-8/h1-3,5-6,14H,4,12H2,(H,13,15). The topological polar surface area (TPSA) is 101 Å². The van der Waals surface area contributed by atoms with Gasteiger partial charge in [0.2, 0.25) is 0 Å². The van der Waals surface area contributed by atoms with Crippen molar-refractivity contribution in [1.29, 1.82) is 0 Å². The molecule has 8 heteroatoms. The molecule has 0 spiro atoms. The molecule has 18 heavy (non-hydrogen) atoms. The Balaban J connectivity index is 2.30. The van der Waals surface area contributed by atoms with Crippen molar-refractivity contribution in [2.45, 2.75) is 11.4 Å². The van der Waals surface area contributed by atoms with E-state index < -0.39 is 15.8 Å². The van der Waals surface area contributed by atoms with Crippen molar-refractivity contribution in [3.05, 3.63) is 42.2 Å². The van der Waals surface area contributed by atoms with Crippen molar-refractivity contribution in [3.8, 4) is 0 Å². The number of aromatic amines is 1. The molecule has 0 fully saturated rings. The number of anilines is 1. The largest absolute Gasteiger partial charge is 0.363 e. The van der Waals surface area contributed by atoms with Gasteiger partial charge in [-0.2, -0.15) is 0 Å². The van der Waals surface area contributed by atoms with Gasteiger partial charge in [-0.3, -0.25) is 9.71 Å². The SMILES string of the molecule is NCc1cc(S(=O)(=O)Nc2ccncc2F)c[nH]1. The highest BCUT2D eigenvalue weighted by Crippen LogP contribution is 2.18. The number of rotatable bonds is 4. The van der Waals surface area contributed by atoms with Gasteiger partial charge in [0.25, 0.3) is 10.0 Å². The molecule has 96 valence electrons. The maximum Gasteiger partial charge on any atom is 0.263 e. The summed E-state index contributed by atoms with van der Waals surface area (Å²) in [5.41, 5.74) is 5.79. The molecule has 6 nitrogen and oxygen atoms in total. The quantitative estimate of drug-likeness (QED) is 0.765. The predicted octanol–water partition coefficient (Wildman–Crippen LogP) is 0.808. The van der Waals surface area contributed by atoms with Gasteiger partial charge in [0.15, 0.2) is 5.82 Å². The van der Waals surface area contributed by atoms with Gasteiger partial charge < -0.3 is 10.7 Å². The summed E-state index contributed by atoms with van der Waals surface area (Å²) in [4.78, 5) is 6.24. The molecule has 0 aliphatic heterocycles. The van der Waals surface area contributed by atoms with Gasteiger partial charge >= 0.3 is 0 Å². The van der Waals surface area contributed by atoms with Gasteiger partial charge in [-0.25, -0.2) is 12.8 Å². The van der Waals surface area contributed by atoms with Gasteiger partial charge in [-0.1, -0.05) is 0 Å². The van der Waals surface area contributed by atoms with E-state index in [1.54, 1.807) is 0 Å². The first kappa shape index (κ1) is 12.5. The van der Waals surface area contributed by atoms with Gasteiger partial charge in [-0.05, 0) is 12.1 Å². The molecular formula is C10H11FN4O2S. The smallest absolute Gasteiger partial charge is 0.263 e. The highest BCUT2D eigenvalue weighted by molar-refractivity contribution is 7.92. The lowest BCUT2D eigenvalue weighted by Gasteiger charge is -2.06. The molecule has 0 bridgehead atoms. The Labute approximate surface area is 103 Å². The minimum Gasteiger partial charge on any atom is -0.363 e. The lowest BCUT2D eigenvalue weighted by molar-refractivity contribution is 0.598. The van der Waals surface area contributed by atoms with Crippen molar-refractivity contribution >= 4 is 15.7 Å². The number of pyridine rings is 1. The molecule has 2 aromatic rings. The minimum atomic E-state index is -3.83. The fourth-order valence-electron chi connectivity index (χ4n) is 1.35. The Kier molecular flexibility index (Phi) is 3.30. The van der Waals surface area contributed by atoms with E-state index in [0.717, 1.165) is 6.20 Å². The summed E-state index contributed by atoms with van der Waals surface area (Å²) in [6, 6.07) is 2.63. The van der Waals surface area contributed by atoms with Crippen LogP contribution in [0, 0.1) is 5.82 Å². The number of hydrogen-bond donors (Lipinski definition) is 3. The monoisotopic (exact) mass is 270 g/mol. The Morgan fingerprint density at radius 3 is 2.89 bits per heavy atom. The van der Waals surface area contributed by atoms with Crippen LogP contribution < -0.4 is 10.5 Å². The fourth-order valence-corrected chi connectivity index (χ4v) is 2.44. The maximum atomic E-state index is 13.3. The third kappa shape index (κ3) is 2.49. The Hall–Kier alpha value is -1.93. The van der Waals surface area contributed by atoms with E-state index in [2.05, 4.69) is 14.7 Å². The normalized spacial score (nSPS) is 11.4. The molecule has 0 saturated carbocycles. The summed E-state index contributed by atoms with van der Waals surface area (Å²) in [6.07, 6.45) is 3.52. The second kappa shape index (κ2) is 4.75. The van der Waals surface area contributed by atoms with E-state index in [1.165, 1.54) is 24.5 Å². The van der Waals surface area contributed by atoms with Crippen molar-refractivity contribution in [2.75, 3.05) is 4.72 Å². The third-order valence-electron chi connectivity index (χ3n) is 2.26. The number of hydrogen-bond acceptors (Lipinski definition) is 4. The zero-order valence-electron chi connectivity index (χ0n) is 9.22. The number of nitrogens with one attached hydrogen (secondary N) is 2. The lowest BCUT2D eigenvalue weighted by atomic mass is 10.4. The predicted molar refractivity (Wildman–Crippen MR) is 63.7 cm³/mol. The lowest BCUT2D eigenvalue weighted by Crippen LogP contribution is -2.13. The van der Waals surface area contributed by atoms with E-state index >= 15 is 0 Å². The van der Waals surface area contributed by atoms with Crippen molar-refractivity contribution < 1.29 is 12.8 Å². The Bertz CT molecular complexity index is 653. The first-order valence-corrected chi connectivity index (χ1v) is 6.51. The highest BCUT2D eigenvalue weighted by atomic mass is 32.2. The van der Waals surface area contributed by atoms with Gasteiger partial charge in [0.05, 0.1) is 11.9 Å². The zero-order valence-corrected chi connectivity index (χ0v) is 10.0. The number of H-pyrrole nitrogens is 1. The van der Waals surface area contributed by atoms with E-state index in [4.69, 9.17) is 5.73 Å². The average molecular weight is 270 g/mol. The molecule has 0 amide bonds. The van der Waals surface area contributed by atoms with Crippen LogP contribution in [0.25, 0.3) is 0 Å². The number of halogens is 1. The van der Waals surface area contributed by atoms with Crippen molar-refractivity contribution in [1.82, 2.24) is 9.97 Å². The molecule has 0 atom stereocenters. The molecule has 0 aliphatic carbocycles. The van der Waals surface area contributed by atoms with Gasteiger partial charge in [-0.15, -0.1) is 0 Å².